The van der Waals surface area contributed by atoms with Gasteiger partial charge in [-0.2, -0.15) is 0 Å². The van der Waals surface area contributed by atoms with Crippen molar-refractivity contribution < 1.29 is 44.4 Å². The number of aliphatic hydroxyl groups is 4. The molecule has 16 saturated carbocycles. The third-order valence-corrected chi connectivity index (χ3v) is 43.0. The third-order valence-electron chi connectivity index (χ3n) is 43.0. The molecule has 34 atom stereocenters. The van der Waals surface area contributed by atoms with Crippen LogP contribution in [0, 0.1) is 176 Å². The standard InChI is InChI=1S/C28H46N2O3.C26H44N2O2.2C26H43NO2/c1-18-15-23-20(16-28(18,4)33)5-6-22-21(23)9-10-27(3)24(22)7-8-25(27)26(32)17-29-11-13-30(14-12-29)19(2)31;1-25(30)10-8-19-18(16-25)4-5-21-20(19)9-11-26(2)22(21)6-7-23(26)24(29)17-28-14-12-27(3)13-15-28;1-17-10-13-27(15-17)16-24(28)23-7-6-22-21-5-4-18-14-25(2,29)11-8-19(18)20(21)9-12-26(22,23)3;1-25(29)12-10-19-18(16-25)6-7-21-20(19)11-13-26(2)22(21)8-9-23(26)24(28)17-27-14-4-3-5-15-27/h18,20-25,33H,5-17H2,1-4H3;18-23,30H,4-17H2,1-3H3;17-23,29H,4-16H2,1-3H3;18-23,29H,3-17H2,1-2H3/t18-,20-,21-,22+,23-,24-,25+,27-,28-;18-,19-,20+,21+,22-,23+,25+,26-;17?,18-,19-,20+,21+,22-,23+,25+,26-;18-,19-,20+,21+,22-,23+,25+,26-/m0000/s1. The molecule has 4 N–H and O–H groups in total. The first-order valence-electron chi connectivity index (χ1n) is 52.3. The summed E-state index contributed by atoms with van der Waals surface area (Å²) in [5.41, 5.74) is -0.803. The van der Waals surface area contributed by atoms with Gasteiger partial charge in [-0.05, 0) is 450 Å². The van der Waals surface area contributed by atoms with Crippen LogP contribution < -0.4 is 0 Å². The maximum Gasteiger partial charge on any atom is 0.219 e. The summed E-state index contributed by atoms with van der Waals surface area (Å²) in [5, 5.41) is 42.7. The summed E-state index contributed by atoms with van der Waals surface area (Å²) in [4.78, 5) is 79.1. The highest BCUT2D eigenvalue weighted by Gasteiger charge is 2.65. The van der Waals surface area contributed by atoms with E-state index >= 15 is 0 Å². The lowest BCUT2D eigenvalue weighted by Crippen LogP contribution is -2.53. The van der Waals surface area contributed by atoms with E-state index in [0.29, 0.717) is 78.3 Å². The summed E-state index contributed by atoms with van der Waals surface area (Å²) in [7, 11) is 2.18. The highest BCUT2D eigenvalue weighted by atomic mass is 16.3. The Hall–Kier alpha value is -2.21. The zero-order valence-electron chi connectivity index (χ0n) is 78.9. The van der Waals surface area contributed by atoms with Crippen LogP contribution >= 0.6 is 0 Å². The van der Waals surface area contributed by atoms with E-state index in [-0.39, 0.29) is 33.5 Å². The molecule has 0 radical (unpaired) electrons. The molecule has 15 nitrogen and oxygen atoms in total. The summed E-state index contributed by atoms with van der Waals surface area (Å²) >= 11 is 0. The van der Waals surface area contributed by atoms with Crippen LogP contribution in [0.3, 0.4) is 0 Å². The molecular weight excluding hydrogens is 1500 g/mol. The number of amides is 1. The number of hydrogen-bond donors (Lipinski definition) is 4. The predicted molar refractivity (Wildman–Crippen MR) is 483 cm³/mol. The Morgan fingerprint density at radius 1 is 0.306 bits per heavy atom. The Balaban J connectivity index is 0.000000115. The number of likely N-dealkylation sites (tertiary alicyclic amines) is 2. The fraction of sp³-hybridized carbons (Fsp3) is 0.953. The lowest BCUT2D eigenvalue weighted by Gasteiger charge is -2.58. The Morgan fingerprint density at radius 2 is 0.620 bits per heavy atom. The largest absolute Gasteiger partial charge is 0.390 e. The van der Waals surface area contributed by atoms with E-state index < -0.39 is 22.4 Å². The van der Waals surface area contributed by atoms with E-state index in [1.54, 1.807) is 6.92 Å². The lowest BCUT2D eigenvalue weighted by atomic mass is 9.48. The van der Waals surface area contributed by atoms with Crippen LogP contribution in [0.5, 0.6) is 0 Å². The van der Waals surface area contributed by atoms with Crippen LogP contribution in [0.1, 0.15) is 327 Å². The van der Waals surface area contributed by atoms with Gasteiger partial charge in [-0.1, -0.05) is 48.0 Å². The molecular formula is C106H176N6O9. The van der Waals surface area contributed by atoms with Gasteiger partial charge in [0.1, 0.15) is 23.1 Å². The molecule has 0 aromatic carbocycles. The molecule has 0 spiro atoms. The second-order valence-corrected chi connectivity index (χ2v) is 50.0. The molecule has 0 aromatic heterocycles. The predicted octanol–water partition coefficient (Wildman–Crippen LogP) is 17.8. The monoisotopic (exact) mass is 1680 g/mol. The topological polar surface area (TPSA) is 186 Å². The molecule has 0 aromatic rings. The highest BCUT2D eigenvalue weighted by molar-refractivity contribution is 5.86. The fourth-order valence-electron chi connectivity index (χ4n) is 36.4. The molecule has 16 aliphatic carbocycles. The molecule has 1 unspecified atom stereocenters. The van der Waals surface area contributed by atoms with Crippen molar-refractivity contribution in [1.29, 1.82) is 0 Å². The SMILES string of the molecule is CC(=O)N1CCN(CC(=O)[C@H]2CC[C@H]3[C@@H]4CC[C@H]5C[C@](C)(O)[C@@H](C)C[C@@H]5[C@H]4CC[C@]23C)CC1.CC1CCN(CC(=O)[C@H]2CC[C@H]3[C@@H]4CC[C@H]5C[C@](C)(O)CC[C@@H]5[C@H]4CC[C@]23C)C1.CN1CCN(CC(=O)[C@H]2CC[C@H]3[C@@H]4CC[C@H]5C[C@](C)(O)CC[C@@H]5[C@H]4CC[C@]23C)CC1.C[C@@]1(O)CC[C@H]2[C@@H](CC[C@@H]3[C@@H]2CC[C@]2(C)[C@@H](C(=O)CN4CCCCC4)CC[C@@H]32)C1. The maximum absolute atomic E-state index is 13.5. The molecule has 4 saturated heterocycles. The molecule has 20 rings (SSSR count). The number of ketones is 4. The van der Waals surface area contributed by atoms with Crippen molar-refractivity contribution in [1.82, 2.24) is 29.4 Å². The minimum atomic E-state index is -0.488. The molecule has 20 aliphatic rings. The molecule has 121 heavy (non-hydrogen) atoms. The molecule has 4 heterocycles. The smallest absolute Gasteiger partial charge is 0.219 e. The van der Waals surface area contributed by atoms with E-state index in [9.17, 15) is 44.4 Å². The molecule has 4 aliphatic heterocycles. The number of carbonyl (C=O) groups is 5. The van der Waals surface area contributed by atoms with Gasteiger partial charge >= 0.3 is 0 Å². The van der Waals surface area contributed by atoms with Crippen molar-refractivity contribution in [2.24, 2.45) is 176 Å². The van der Waals surface area contributed by atoms with Crippen molar-refractivity contribution >= 4 is 29.0 Å². The van der Waals surface area contributed by atoms with E-state index in [1.807, 2.05) is 4.90 Å². The van der Waals surface area contributed by atoms with Gasteiger partial charge in [0.2, 0.25) is 5.91 Å². The van der Waals surface area contributed by atoms with Crippen molar-refractivity contribution in [3.05, 3.63) is 0 Å². The molecule has 0 bridgehead atoms. The minimum absolute atomic E-state index is 0.148. The average Bonchev–Trinajstić information content (AvgIpc) is 1.59. The summed E-state index contributed by atoms with van der Waals surface area (Å²) in [5.74, 6) is 20.7. The first kappa shape index (κ1) is 90.7. The van der Waals surface area contributed by atoms with E-state index in [0.717, 1.165) is 268 Å². The van der Waals surface area contributed by atoms with E-state index in [1.165, 1.54) is 180 Å². The van der Waals surface area contributed by atoms with Gasteiger partial charge in [0.05, 0.1) is 48.6 Å². The first-order chi connectivity index (χ1) is 57.5. The van der Waals surface area contributed by atoms with Crippen LogP contribution in [0.25, 0.3) is 0 Å². The molecule has 20 fully saturated rings. The second kappa shape index (κ2) is 35.8. The summed E-state index contributed by atoms with van der Waals surface area (Å²) < 4.78 is 0. The van der Waals surface area contributed by atoms with Crippen molar-refractivity contribution in [2.45, 2.75) is 349 Å². The third kappa shape index (κ3) is 18.2. The summed E-state index contributed by atoms with van der Waals surface area (Å²) in [6, 6.07) is 0. The number of Topliss-reactive ketones (excluding diaryl/α,β-unsaturated/α-hetero) is 4. The van der Waals surface area contributed by atoms with Crippen LogP contribution in [0.2, 0.25) is 0 Å². The average molecular weight is 1680 g/mol. The Labute approximate surface area is 735 Å². The maximum atomic E-state index is 13.5. The van der Waals surface area contributed by atoms with Crippen molar-refractivity contribution in [3.8, 4) is 0 Å². The number of fused-ring (bicyclic) bond motifs is 20. The summed E-state index contributed by atoms with van der Waals surface area (Å²) in [6.07, 6.45) is 47.6. The number of piperazine rings is 2. The van der Waals surface area contributed by atoms with Gasteiger partial charge in [0, 0.05) is 89.5 Å². The number of hydrogen-bond acceptors (Lipinski definition) is 14. The van der Waals surface area contributed by atoms with Gasteiger partial charge in [-0.25, -0.2) is 0 Å². The van der Waals surface area contributed by atoms with Crippen LogP contribution in [0.15, 0.2) is 0 Å². The number of piperidine rings is 1. The van der Waals surface area contributed by atoms with Gasteiger partial charge in [-0.15, -0.1) is 0 Å². The zero-order valence-corrected chi connectivity index (χ0v) is 78.9. The lowest BCUT2D eigenvalue weighted by molar-refractivity contribution is -0.138. The molecule has 1 amide bonds. The number of carbonyl (C=O) groups excluding carboxylic acids is 5. The quantitative estimate of drug-likeness (QED) is 0.145. The Kier molecular flexibility index (Phi) is 26.9. The van der Waals surface area contributed by atoms with Crippen LogP contribution in [-0.4, -0.2) is 213 Å². The molecule has 15 heteroatoms. The van der Waals surface area contributed by atoms with Crippen molar-refractivity contribution in [2.75, 3.05) is 112 Å². The Morgan fingerprint density at radius 3 is 0.959 bits per heavy atom. The van der Waals surface area contributed by atoms with E-state index in [2.05, 4.69) is 101 Å². The highest BCUT2D eigenvalue weighted by Crippen LogP contribution is 2.70. The fourth-order valence-corrected chi connectivity index (χ4v) is 36.4. The number of rotatable bonds is 12. The van der Waals surface area contributed by atoms with Gasteiger partial charge in [-0.3, -0.25) is 43.6 Å². The normalized spacial score (nSPS) is 50.2. The van der Waals surface area contributed by atoms with Gasteiger partial charge in [0.15, 0.2) is 0 Å². The number of likely N-dealkylation sites (N-methyl/N-ethyl adjacent to an activating group) is 1. The van der Waals surface area contributed by atoms with Gasteiger partial charge in [0.25, 0.3) is 0 Å². The zero-order chi connectivity index (χ0) is 85.3. The van der Waals surface area contributed by atoms with E-state index in [4.69, 9.17) is 0 Å². The van der Waals surface area contributed by atoms with Gasteiger partial charge < -0.3 is 30.2 Å². The molecule has 684 valence electrons. The second-order valence-electron chi connectivity index (χ2n) is 50.0. The number of nitrogens with zero attached hydrogens (tertiary/aromatic N) is 6. The van der Waals surface area contributed by atoms with Crippen molar-refractivity contribution in [3.63, 3.8) is 0 Å². The van der Waals surface area contributed by atoms with Crippen LogP contribution in [-0.2, 0) is 24.0 Å². The van der Waals surface area contributed by atoms with Crippen LogP contribution in [0.4, 0.5) is 0 Å². The first-order valence-corrected chi connectivity index (χ1v) is 52.3. The minimum Gasteiger partial charge on any atom is -0.390 e. The Bertz CT molecular complexity index is 3520. The summed E-state index contributed by atoms with van der Waals surface area (Å²) in [6.45, 7) is 39.0.